The standard InChI is InChI=1S/C28H41NO9/c1-9-28(16-34-17-28)23(30)36-22-20(14-18-10-12-19(33-8)13-11-18)29(24(31)37-26(2,3)4)15-21(22)35-25(32)38-27(5,6)7/h10-13,20-22H,9,14-17H2,1-8H3/t20-,21+,22+/m1/s1. The van der Waals surface area contributed by atoms with E-state index in [1.807, 2.05) is 31.2 Å². The smallest absolute Gasteiger partial charge is 0.497 e. The van der Waals surface area contributed by atoms with Gasteiger partial charge in [0.2, 0.25) is 0 Å². The summed E-state index contributed by atoms with van der Waals surface area (Å²) in [4.78, 5) is 40.8. The predicted molar refractivity (Wildman–Crippen MR) is 138 cm³/mol. The van der Waals surface area contributed by atoms with E-state index in [0.29, 0.717) is 18.6 Å². The van der Waals surface area contributed by atoms with Gasteiger partial charge >= 0.3 is 18.2 Å². The first-order valence-corrected chi connectivity index (χ1v) is 13.0. The van der Waals surface area contributed by atoms with Gasteiger partial charge in [-0.15, -0.1) is 0 Å². The van der Waals surface area contributed by atoms with Crippen molar-refractivity contribution in [3.8, 4) is 5.75 Å². The number of likely N-dealkylation sites (tertiary alicyclic amines) is 1. The Morgan fingerprint density at radius 1 is 0.974 bits per heavy atom. The number of ether oxygens (including phenoxy) is 6. The van der Waals surface area contributed by atoms with Gasteiger partial charge in [0.1, 0.15) is 22.4 Å². The highest BCUT2D eigenvalue weighted by Crippen LogP contribution is 2.36. The first-order valence-electron chi connectivity index (χ1n) is 13.0. The average molecular weight is 536 g/mol. The van der Waals surface area contributed by atoms with E-state index in [2.05, 4.69) is 0 Å². The summed E-state index contributed by atoms with van der Waals surface area (Å²) in [5.41, 5.74) is -1.43. The zero-order chi connectivity index (χ0) is 28.3. The summed E-state index contributed by atoms with van der Waals surface area (Å²) in [6.45, 7) is 12.9. The molecule has 0 bridgehead atoms. The normalized spacial score (nSPS) is 22.7. The number of amides is 1. The lowest BCUT2D eigenvalue weighted by molar-refractivity contribution is -0.196. The van der Waals surface area contributed by atoms with E-state index >= 15 is 0 Å². The van der Waals surface area contributed by atoms with Gasteiger partial charge in [0.15, 0.2) is 12.2 Å². The molecule has 1 aromatic rings. The van der Waals surface area contributed by atoms with Crippen molar-refractivity contribution in [1.29, 1.82) is 0 Å². The molecular weight excluding hydrogens is 494 g/mol. The van der Waals surface area contributed by atoms with Gasteiger partial charge in [0, 0.05) is 0 Å². The van der Waals surface area contributed by atoms with Gasteiger partial charge in [-0.2, -0.15) is 0 Å². The van der Waals surface area contributed by atoms with E-state index in [1.54, 1.807) is 48.7 Å². The minimum atomic E-state index is -0.959. The van der Waals surface area contributed by atoms with Crippen LogP contribution in [0.25, 0.3) is 0 Å². The molecule has 0 saturated carbocycles. The van der Waals surface area contributed by atoms with Crippen LogP contribution in [0.1, 0.15) is 60.5 Å². The molecule has 0 aliphatic carbocycles. The van der Waals surface area contributed by atoms with Gasteiger partial charge in [0.25, 0.3) is 0 Å². The summed E-state index contributed by atoms with van der Waals surface area (Å²) >= 11 is 0. The second-order valence-corrected chi connectivity index (χ2v) is 11.9. The van der Waals surface area contributed by atoms with Gasteiger partial charge in [0.05, 0.1) is 32.9 Å². The van der Waals surface area contributed by atoms with E-state index in [1.165, 1.54) is 4.90 Å². The zero-order valence-electron chi connectivity index (χ0n) is 23.7. The number of carbonyl (C=O) groups is 3. The molecular formula is C28H41NO9. The molecule has 2 aliphatic heterocycles. The fourth-order valence-electron chi connectivity index (χ4n) is 4.34. The lowest BCUT2D eigenvalue weighted by Crippen LogP contribution is -2.53. The van der Waals surface area contributed by atoms with Crippen molar-refractivity contribution >= 4 is 18.2 Å². The molecule has 2 saturated heterocycles. The molecule has 3 rings (SSSR count). The third kappa shape index (κ3) is 7.30. The number of hydrogen-bond acceptors (Lipinski definition) is 9. The van der Waals surface area contributed by atoms with Crippen molar-refractivity contribution in [2.45, 2.75) is 90.8 Å². The summed E-state index contributed by atoms with van der Waals surface area (Å²) < 4.78 is 33.3. The van der Waals surface area contributed by atoms with E-state index in [-0.39, 0.29) is 19.8 Å². The fourth-order valence-corrected chi connectivity index (χ4v) is 4.34. The Kier molecular flexibility index (Phi) is 8.86. The van der Waals surface area contributed by atoms with Crippen molar-refractivity contribution in [2.24, 2.45) is 5.41 Å². The lowest BCUT2D eigenvalue weighted by Gasteiger charge is -2.39. The molecule has 1 aromatic carbocycles. The van der Waals surface area contributed by atoms with Crippen molar-refractivity contribution in [2.75, 3.05) is 26.9 Å². The Bertz CT molecular complexity index is 984. The maximum Gasteiger partial charge on any atom is 0.509 e. The Labute approximate surface area is 224 Å². The number of rotatable bonds is 7. The summed E-state index contributed by atoms with van der Waals surface area (Å²) in [6, 6.07) is 6.72. The first-order chi connectivity index (χ1) is 17.7. The van der Waals surface area contributed by atoms with Crippen LogP contribution in [0.5, 0.6) is 5.75 Å². The summed E-state index contributed by atoms with van der Waals surface area (Å²) in [7, 11) is 1.58. The highest BCUT2D eigenvalue weighted by molar-refractivity contribution is 5.78. The van der Waals surface area contributed by atoms with E-state index < -0.39 is 53.1 Å². The third-order valence-electron chi connectivity index (χ3n) is 6.50. The molecule has 2 heterocycles. The van der Waals surface area contributed by atoms with E-state index in [4.69, 9.17) is 28.4 Å². The molecule has 0 unspecified atom stereocenters. The number of carbonyl (C=O) groups excluding carboxylic acids is 3. The molecule has 0 spiro atoms. The topological polar surface area (TPSA) is 110 Å². The molecule has 3 atom stereocenters. The minimum Gasteiger partial charge on any atom is -0.497 e. The van der Waals surface area contributed by atoms with Crippen LogP contribution in [0.2, 0.25) is 0 Å². The van der Waals surface area contributed by atoms with Crippen molar-refractivity contribution in [3.05, 3.63) is 29.8 Å². The van der Waals surface area contributed by atoms with Crippen molar-refractivity contribution in [3.63, 3.8) is 0 Å². The molecule has 2 aliphatic rings. The molecule has 0 N–H and O–H groups in total. The zero-order valence-corrected chi connectivity index (χ0v) is 23.7. The van der Waals surface area contributed by atoms with Crippen LogP contribution in [0, 0.1) is 5.41 Å². The van der Waals surface area contributed by atoms with Gasteiger partial charge in [-0.05, 0) is 72.1 Å². The Morgan fingerprint density at radius 3 is 2.05 bits per heavy atom. The van der Waals surface area contributed by atoms with Crippen LogP contribution in [0.4, 0.5) is 9.59 Å². The monoisotopic (exact) mass is 535 g/mol. The molecule has 1 amide bonds. The molecule has 10 heteroatoms. The SMILES string of the molecule is CCC1(C(=O)O[C@@H]2[C@@H](OC(=O)OC(C)(C)C)CN(C(=O)OC(C)(C)C)[C@@H]2Cc2ccc(OC)cc2)COC1. The predicted octanol–water partition coefficient (Wildman–Crippen LogP) is 4.52. The third-order valence-corrected chi connectivity index (χ3v) is 6.50. The second-order valence-electron chi connectivity index (χ2n) is 11.9. The molecule has 38 heavy (non-hydrogen) atoms. The fraction of sp³-hybridized carbons (Fsp3) is 0.679. The Hall–Kier alpha value is -3.01. The van der Waals surface area contributed by atoms with Crippen LogP contribution in [0.15, 0.2) is 24.3 Å². The van der Waals surface area contributed by atoms with Gasteiger partial charge < -0.3 is 28.4 Å². The van der Waals surface area contributed by atoms with Gasteiger partial charge in [-0.3, -0.25) is 9.69 Å². The number of benzene rings is 1. The van der Waals surface area contributed by atoms with E-state index in [9.17, 15) is 14.4 Å². The van der Waals surface area contributed by atoms with Crippen LogP contribution >= 0.6 is 0 Å². The number of hydrogen-bond donors (Lipinski definition) is 0. The number of nitrogens with zero attached hydrogens (tertiary/aromatic N) is 1. The molecule has 0 aromatic heterocycles. The van der Waals surface area contributed by atoms with E-state index in [0.717, 1.165) is 5.56 Å². The molecule has 10 nitrogen and oxygen atoms in total. The number of methoxy groups -OCH3 is 1. The number of esters is 1. The quantitative estimate of drug-likeness (QED) is 0.368. The second kappa shape index (κ2) is 11.4. The van der Waals surface area contributed by atoms with Crippen LogP contribution in [0.3, 0.4) is 0 Å². The summed E-state index contributed by atoms with van der Waals surface area (Å²) in [6.07, 6.45) is -2.55. The van der Waals surface area contributed by atoms with Gasteiger partial charge in [-0.25, -0.2) is 9.59 Å². The minimum absolute atomic E-state index is 0.0252. The maximum absolute atomic E-state index is 13.4. The summed E-state index contributed by atoms with van der Waals surface area (Å²) in [5.74, 6) is 0.243. The van der Waals surface area contributed by atoms with Gasteiger partial charge in [-0.1, -0.05) is 19.1 Å². The largest absolute Gasteiger partial charge is 0.509 e. The Balaban J connectivity index is 1.95. The molecule has 2 fully saturated rings. The van der Waals surface area contributed by atoms with Crippen LogP contribution in [-0.2, 0) is 34.9 Å². The lowest BCUT2D eigenvalue weighted by atomic mass is 9.83. The van der Waals surface area contributed by atoms with Crippen molar-refractivity contribution in [1.82, 2.24) is 4.90 Å². The highest BCUT2D eigenvalue weighted by Gasteiger charge is 2.53. The molecule has 212 valence electrons. The van der Waals surface area contributed by atoms with Crippen molar-refractivity contribution < 1.29 is 42.8 Å². The highest BCUT2D eigenvalue weighted by atomic mass is 16.7. The van der Waals surface area contributed by atoms with Crippen LogP contribution in [-0.4, -0.2) is 79.4 Å². The average Bonchev–Trinajstić information content (AvgIpc) is 3.08. The maximum atomic E-state index is 13.4. The Morgan fingerprint density at radius 2 is 1.58 bits per heavy atom. The summed E-state index contributed by atoms with van der Waals surface area (Å²) in [5, 5.41) is 0. The first kappa shape index (κ1) is 29.5. The molecule has 0 radical (unpaired) electrons. The van der Waals surface area contributed by atoms with Crippen LogP contribution < -0.4 is 4.74 Å².